The van der Waals surface area contributed by atoms with Gasteiger partial charge in [-0.25, -0.2) is 13.2 Å². The van der Waals surface area contributed by atoms with Crippen LogP contribution in [0.2, 0.25) is 0 Å². The molecule has 2 nitrogen and oxygen atoms in total. The van der Waals surface area contributed by atoms with Gasteiger partial charge in [-0.15, -0.1) is 0 Å². The zero-order valence-electron chi connectivity index (χ0n) is 14.9. The summed E-state index contributed by atoms with van der Waals surface area (Å²) in [5, 5.41) is 0. The maximum absolute atomic E-state index is 14.3. The molecule has 0 bridgehead atoms. The van der Waals surface area contributed by atoms with Crippen molar-refractivity contribution in [3.05, 3.63) is 83.4 Å². The van der Waals surface area contributed by atoms with Crippen molar-refractivity contribution in [2.24, 2.45) is 0 Å². The quantitative estimate of drug-likeness (QED) is 0.365. The van der Waals surface area contributed by atoms with Crippen LogP contribution < -0.4 is 4.74 Å². The van der Waals surface area contributed by atoms with E-state index in [0.717, 1.165) is 24.5 Å². The van der Waals surface area contributed by atoms with Crippen LogP contribution >= 0.6 is 0 Å². The fourth-order valence-corrected chi connectivity index (χ4v) is 2.68. The second-order valence-corrected chi connectivity index (χ2v) is 6.20. The van der Waals surface area contributed by atoms with Gasteiger partial charge in [0.25, 0.3) is 0 Å². The first-order valence-corrected chi connectivity index (χ1v) is 8.57. The number of rotatable bonds is 6. The lowest BCUT2D eigenvalue weighted by molar-refractivity contribution is -0.188. The molecule has 7 heteroatoms. The highest BCUT2D eigenvalue weighted by Crippen LogP contribution is 2.32. The Hall–Kier alpha value is -2.96. The average molecular weight is 393 g/mol. The third-order valence-corrected chi connectivity index (χ3v) is 4.09. The number of pyridine rings is 1. The van der Waals surface area contributed by atoms with Crippen LogP contribution in [0.1, 0.15) is 24.6 Å². The van der Waals surface area contributed by atoms with Crippen LogP contribution in [0.4, 0.5) is 22.0 Å². The molecule has 0 aliphatic carbocycles. The van der Waals surface area contributed by atoms with E-state index in [4.69, 9.17) is 0 Å². The van der Waals surface area contributed by atoms with E-state index >= 15 is 0 Å². The summed E-state index contributed by atoms with van der Waals surface area (Å²) in [7, 11) is 0. The van der Waals surface area contributed by atoms with Crippen molar-refractivity contribution < 1.29 is 26.7 Å². The minimum atomic E-state index is -3.96. The molecule has 0 N–H and O–H groups in total. The molecule has 1 heterocycles. The van der Waals surface area contributed by atoms with Gasteiger partial charge in [0.2, 0.25) is 0 Å². The van der Waals surface area contributed by atoms with E-state index in [1.165, 1.54) is 17.8 Å². The van der Waals surface area contributed by atoms with Gasteiger partial charge in [-0.3, -0.25) is 4.98 Å². The number of benzene rings is 2. The Balaban J connectivity index is 1.79. The molecular formula is C21H16F5NO. The Kier molecular flexibility index (Phi) is 5.63. The van der Waals surface area contributed by atoms with E-state index in [0.29, 0.717) is 17.7 Å². The summed E-state index contributed by atoms with van der Waals surface area (Å²) in [5.74, 6) is -5.86. The van der Waals surface area contributed by atoms with E-state index in [-0.39, 0.29) is 0 Å². The highest BCUT2D eigenvalue weighted by Gasteiger charge is 2.37. The zero-order valence-corrected chi connectivity index (χ0v) is 14.9. The first-order valence-electron chi connectivity index (χ1n) is 8.57. The van der Waals surface area contributed by atoms with Crippen molar-refractivity contribution in [2.45, 2.75) is 25.9 Å². The second-order valence-electron chi connectivity index (χ2n) is 6.20. The van der Waals surface area contributed by atoms with Gasteiger partial charge in [0.15, 0.2) is 23.1 Å². The molecule has 0 radical (unpaired) electrons. The molecule has 0 aliphatic rings. The summed E-state index contributed by atoms with van der Waals surface area (Å²) in [6, 6.07) is 10.9. The first kappa shape index (κ1) is 19.8. The topological polar surface area (TPSA) is 22.1 Å². The molecule has 0 unspecified atom stereocenters. The smallest absolute Gasteiger partial charge is 0.428 e. The lowest BCUT2D eigenvalue weighted by Gasteiger charge is -2.18. The molecule has 146 valence electrons. The fraction of sp³-hybridized carbons (Fsp3) is 0.190. The number of aryl methyl sites for hydroxylation is 1. The lowest BCUT2D eigenvalue weighted by atomic mass is 10.0. The monoisotopic (exact) mass is 393 g/mol. The number of hydrogen-bond acceptors (Lipinski definition) is 2. The molecule has 0 aliphatic heterocycles. The third-order valence-electron chi connectivity index (χ3n) is 4.09. The summed E-state index contributed by atoms with van der Waals surface area (Å²) < 4.78 is 72.2. The van der Waals surface area contributed by atoms with Crippen LogP contribution in [0.3, 0.4) is 0 Å². The maximum atomic E-state index is 14.3. The summed E-state index contributed by atoms with van der Waals surface area (Å²) in [6.07, 6.45) is -0.731. The highest BCUT2D eigenvalue weighted by molar-refractivity contribution is 5.62. The molecule has 28 heavy (non-hydrogen) atoms. The summed E-state index contributed by atoms with van der Waals surface area (Å²) in [5.41, 5.74) is 1.87. The Morgan fingerprint density at radius 1 is 0.893 bits per heavy atom. The Morgan fingerprint density at radius 2 is 1.50 bits per heavy atom. The van der Waals surface area contributed by atoms with Gasteiger partial charge in [-0.1, -0.05) is 43.7 Å². The molecule has 0 atom stereocenters. The number of ether oxygens (including phenoxy) is 1. The summed E-state index contributed by atoms with van der Waals surface area (Å²) in [6.45, 7) is 2.08. The van der Waals surface area contributed by atoms with Crippen molar-refractivity contribution in [2.75, 3.05) is 0 Å². The number of nitrogens with zero attached hydrogens (tertiary/aromatic N) is 1. The SMILES string of the molecule is CCCc1ccc(-c2ccc(C(F)(F)Oc3cc(F)c(F)c(F)c3)nc2)cc1. The molecule has 0 saturated heterocycles. The lowest BCUT2D eigenvalue weighted by Crippen LogP contribution is -2.23. The van der Waals surface area contributed by atoms with E-state index < -0.39 is 35.0 Å². The van der Waals surface area contributed by atoms with E-state index in [9.17, 15) is 22.0 Å². The predicted molar refractivity (Wildman–Crippen MR) is 94.5 cm³/mol. The average Bonchev–Trinajstić information content (AvgIpc) is 2.67. The van der Waals surface area contributed by atoms with Crippen LogP contribution in [-0.2, 0) is 12.5 Å². The van der Waals surface area contributed by atoms with Gasteiger partial charge in [0.1, 0.15) is 5.75 Å². The summed E-state index contributed by atoms with van der Waals surface area (Å²) in [4.78, 5) is 3.71. The molecule has 0 spiro atoms. The van der Waals surface area contributed by atoms with Crippen LogP contribution in [-0.4, -0.2) is 4.98 Å². The van der Waals surface area contributed by atoms with Crippen molar-refractivity contribution in [1.29, 1.82) is 0 Å². The van der Waals surface area contributed by atoms with Crippen LogP contribution in [0.5, 0.6) is 5.75 Å². The van der Waals surface area contributed by atoms with Crippen molar-refractivity contribution in [1.82, 2.24) is 4.98 Å². The van der Waals surface area contributed by atoms with Gasteiger partial charge in [0, 0.05) is 23.9 Å². The minimum absolute atomic E-state index is 0.346. The van der Waals surface area contributed by atoms with Gasteiger partial charge in [-0.05, 0) is 23.6 Å². The minimum Gasteiger partial charge on any atom is -0.428 e. The fourth-order valence-electron chi connectivity index (χ4n) is 2.68. The molecule has 0 saturated carbocycles. The van der Waals surface area contributed by atoms with Crippen molar-refractivity contribution >= 4 is 0 Å². The molecule has 2 aromatic carbocycles. The molecule has 3 aromatic rings. The number of hydrogen-bond donors (Lipinski definition) is 0. The number of aromatic nitrogens is 1. The molecule has 0 fully saturated rings. The molecule has 1 aromatic heterocycles. The Labute approximate surface area is 158 Å². The standard InChI is InChI=1S/C21H16F5NO/c1-2-3-13-4-6-14(7-5-13)15-8-9-19(27-12-15)21(25,26)28-16-10-17(22)20(24)18(23)11-16/h4-12H,2-3H2,1H3. The number of alkyl halides is 2. The predicted octanol–water partition coefficient (Wildman–Crippen LogP) is 6.25. The first-order chi connectivity index (χ1) is 13.3. The van der Waals surface area contributed by atoms with Gasteiger partial charge in [0.05, 0.1) is 0 Å². The molecule has 3 rings (SSSR count). The van der Waals surface area contributed by atoms with E-state index in [1.807, 2.05) is 24.3 Å². The van der Waals surface area contributed by atoms with Gasteiger partial charge in [-0.2, -0.15) is 8.78 Å². The molecule has 0 amide bonds. The van der Waals surface area contributed by atoms with E-state index in [2.05, 4.69) is 16.6 Å². The normalized spacial score (nSPS) is 11.5. The van der Waals surface area contributed by atoms with Crippen LogP contribution in [0, 0.1) is 17.5 Å². The van der Waals surface area contributed by atoms with E-state index in [1.54, 1.807) is 0 Å². The Bertz CT molecular complexity index is 933. The third kappa shape index (κ3) is 4.30. The van der Waals surface area contributed by atoms with Crippen molar-refractivity contribution in [3.63, 3.8) is 0 Å². The van der Waals surface area contributed by atoms with Crippen LogP contribution in [0.15, 0.2) is 54.7 Å². The Morgan fingerprint density at radius 3 is 2.04 bits per heavy atom. The van der Waals surface area contributed by atoms with Gasteiger partial charge >= 0.3 is 6.11 Å². The number of halogens is 5. The maximum Gasteiger partial charge on any atom is 0.444 e. The molecular weight excluding hydrogens is 377 g/mol. The van der Waals surface area contributed by atoms with Gasteiger partial charge < -0.3 is 4.74 Å². The van der Waals surface area contributed by atoms with Crippen LogP contribution in [0.25, 0.3) is 11.1 Å². The zero-order chi connectivity index (χ0) is 20.3. The second kappa shape index (κ2) is 7.96. The largest absolute Gasteiger partial charge is 0.444 e. The highest BCUT2D eigenvalue weighted by atomic mass is 19.3. The van der Waals surface area contributed by atoms with Crippen molar-refractivity contribution in [3.8, 4) is 16.9 Å². The summed E-state index contributed by atoms with van der Waals surface area (Å²) >= 11 is 0.